The Balaban J connectivity index is 1.29. The van der Waals surface area contributed by atoms with Gasteiger partial charge in [-0.15, -0.1) is 23.1 Å². The Morgan fingerprint density at radius 2 is 2.14 bits per heavy atom. The summed E-state index contributed by atoms with van der Waals surface area (Å²) >= 11 is 2.87. The lowest BCUT2D eigenvalue weighted by Crippen LogP contribution is -2.41. The number of carbonyl (C=O) groups is 2. The van der Waals surface area contributed by atoms with Gasteiger partial charge >= 0.3 is 0 Å². The number of aromatic nitrogens is 1. The Morgan fingerprint density at radius 3 is 3.07 bits per heavy atom. The molecule has 3 heterocycles. The van der Waals surface area contributed by atoms with Crippen LogP contribution in [0, 0.1) is 0 Å². The van der Waals surface area contributed by atoms with E-state index in [0.29, 0.717) is 17.5 Å². The van der Waals surface area contributed by atoms with Crippen LogP contribution in [0.15, 0.2) is 52.7 Å². The largest absolute Gasteiger partial charge is 0.493 e. The third kappa shape index (κ3) is 3.61. The quantitative estimate of drug-likeness (QED) is 0.691. The number of rotatable bonds is 4. The Hall–Kier alpha value is -2.84. The highest BCUT2D eigenvalue weighted by Crippen LogP contribution is 2.35. The highest BCUT2D eigenvalue weighted by molar-refractivity contribution is 8.00. The summed E-state index contributed by atoms with van der Waals surface area (Å²) in [7, 11) is 0. The maximum Gasteiger partial charge on any atom is 0.246 e. The fourth-order valence-electron chi connectivity index (χ4n) is 3.44. The van der Waals surface area contributed by atoms with Crippen molar-refractivity contribution in [3.63, 3.8) is 0 Å². The Labute approximate surface area is 175 Å². The number of amides is 2. The van der Waals surface area contributed by atoms with Gasteiger partial charge in [-0.1, -0.05) is 12.1 Å². The van der Waals surface area contributed by atoms with E-state index in [1.807, 2.05) is 41.8 Å². The molecule has 0 fully saturated rings. The molecule has 146 valence electrons. The van der Waals surface area contributed by atoms with Crippen LogP contribution >= 0.6 is 23.1 Å². The number of anilines is 2. The average molecular weight is 424 g/mol. The summed E-state index contributed by atoms with van der Waals surface area (Å²) in [5.74, 6) is 0.947. The van der Waals surface area contributed by atoms with Gasteiger partial charge in [0, 0.05) is 22.3 Å². The number of thiazole rings is 1. The summed E-state index contributed by atoms with van der Waals surface area (Å²) in [6.45, 7) is 0.690. The monoisotopic (exact) mass is 423 g/mol. The molecule has 2 aliphatic heterocycles. The van der Waals surface area contributed by atoms with Gasteiger partial charge in [0.15, 0.2) is 5.13 Å². The number of fused-ring (bicyclic) bond motifs is 2. The molecule has 8 heteroatoms. The van der Waals surface area contributed by atoms with Gasteiger partial charge in [-0.25, -0.2) is 4.98 Å². The number of thioether (sulfide) groups is 1. The molecule has 0 saturated carbocycles. The van der Waals surface area contributed by atoms with Crippen LogP contribution in [0.5, 0.6) is 5.75 Å². The summed E-state index contributed by atoms with van der Waals surface area (Å²) < 4.78 is 5.54. The topological polar surface area (TPSA) is 71.5 Å². The van der Waals surface area contributed by atoms with Crippen molar-refractivity contribution >= 4 is 45.7 Å². The fourth-order valence-corrected chi connectivity index (χ4v) is 5.11. The molecule has 2 aromatic carbocycles. The standard InChI is InChI=1S/C21H17N3O3S2/c25-19(10-24-16-3-1-2-4-18(16)28-12-20(24)26)23-21-22-15(11-29-21)13-5-6-17-14(9-13)7-8-27-17/h1-6,9,11H,7-8,10,12H2,(H,22,23,25). The molecule has 0 unspecified atom stereocenters. The zero-order valence-electron chi connectivity index (χ0n) is 15.4. The predicted molar refractivity (Wildman–Crippen MR) is 115 cm³/mol. The fraction of sp³-hybridized carbons (Fsp3) is 0.190. The first kappa shape index (κ1) is 18.2. The summed E-state index contributed by atoms with van der Waals surface area (Å²) in [4.78, 5) is 32.0. The second-order valence-corrected chi connectivity index (χ2v) is 8.62. The molecule has 6 nitrogen and oxygen atoms in total. The molecule has 0 atom stereocenters. The van der Waals surface area contributed by atoms with Gasteiger partial charge in [-0.05, 0) is 35.9 Å². The summed E-state index contributed by atoms with van der Waals surface area (Å²) in [5.41, 5.74) is 3.78. The van der Waals surface area contributed by atoms with Gasteiger partial charge in [0.05, 0.1) is 23.7 Å². The second kappa shape index (κ2) is 7.53. The third-order valence-corrected chi connectivity index (χ3v) is 6.65. The summed E-state index contributed by atoms with van der Waals surface area (Å²) in [6.07, 6.45) is 0.903. The van der Waals surface area contributed by atoms with E-state index in [4.69, 9.17) is 4.74 Å². The van der Waals surface area contributed by atoms with E-state index in [2.05, 4.69) is 16.4 Å². The average Bonchev–Trinajstić information content (AvgIpc) is 3.39. The number of benzene rings is 2. The zero-order valence-corrected chi connectivity index (χ0v) is 17.0. The van der Waals surface area contributed by atoms with Crippen molar-refractivity contribution in [2.24, 2.45) is 0 Å². The minimum atomic E-state index is -0.261. The van der Waals surface area contributed by atoms with Crippen molar-refractivity contribution in [2.75, 3.05) is 29.1 Å². The van der Waals surface area contributed by atoms with Gasteiger partial charge in [-0.3, -0.25) is 9.59 Å². The van der Waals surface area contributed by atoms with E-state index >= 15 is 0 Å². The Morgan fingerprint density at radius 1 is 1.24 bits per heavy atom. The van der Waals surface area contributed by atoms with Crippen LogP contribution in [-0.2, 0) is 16.0 Å². The van der Waals surface area contributed by atoms with E-state index in [-0.39, 0.29) is 18.4 Å². The number of hydrogen-bond donors (Lipinski definition) is 1. The number of ether oxygens (including phenoxy) is 1. The van der Waals surface area contributed by atoms with Crippen molar-refractivity contribution in [1.82, 2.24) is 4.98 Å². The maximum absolute atomic E-state index is 12.6. The second-order valence-electron chi connectivity index (χ2n) is 6.74. The summed E-state index contributed by atoms with van der Waals surface area (Å²) in [5, 5.41) is 5.27. The molecule has 1 N–H and O–H groups in total. The Kier molecular flexibility index (Phi) is 4.73. The van der Waals surface area contributed by atoms with Crippen molar-refractivity contribution in [3.8, 4) is 17.0 Å². The highest BCUT2D eigenvalue weighted by atomic mass is 32.2. The molecule has 29 heavy (non-hydrogen) atoms. The molecule has 0 aliphatic carbocycles. The summed E-state index contributed by atoms with van der Waals surface area (Å²) in [6, 6.07) is 13.7. The van der Waals surface area contributed by atoms with Crippen LogP contribution in [0.2, 0.25) is 0 Å². The van der Waals surface area contributed by atoms with Crippen molar-refractivity contribution in [2.45, 2.75) is 11.3 Å². The van der Waals surface area contributed by atoms with E-state index in [9.17, 15) is 9.59 Å². The number of nitrogens with zero attached hydrogens (tertiary/aromatic N) is 2. The maximum atomic E-state index is 12.6. The molecule has 0 bridgehead atoms. The molecule has 0 saturated heterocycles. The normalized spacial score (nSPS) is 14.9. The lowest BCUT2D eigenvalue weighted by molar-refractivity contribution is -0.120. The van der Waals surface area contributed by atoms with Crippen LogP contribution in [0.4, 0.5) is 10.8 Å². The van der Waals surface area contributed by atoms with Crippen molar-refractivity contribution in [3.05, 3.63) is 53.4 Å². The van der Waals surface area contributed by atoms with Gasteiger partial charge in [0.1, 0.15) is 12.3 Å². The van der Waals surface area contributed by atoms with Crippen molar-refractivity contribution in [1.29, 1.82) is 0 Å². The van der Waals surface area contributed by atoms with Crippen molar-refractivity contribution < 1.29 is 14.3 Å². The van der Waals surface area contributed by atoms with Gasteiger partial charge in [0.2, 0.25) is 11.8 Å². The third-order valence-electron chi connectivity index (χ3n) is 4.85. The highest BCUT2D eigenvalue weighted by Gasteiger charge is 2.26. The molecule has 2 amide bonds. The molecule has 0 spiro atoms. The minimum Gasteiger partial charge on any atom is -0.493 e. The SMILES string of the molecule is O=C(CN1C(=O)CSc2ccccc21)Nc1nc(-c2ccc3c(c2)CCO3)cs1. The van der Waals surface area contributed by atoms with E-state index in [0.717, 1.165) is 34.0 Å². The first-order valence-corrected chi connectivity index (χ1v) is 11.1. The van der Waals surface area contributed by atoms with Gasteiger partial charge < -0.3 is 15.0 Å². The van der Waals surface area contributed by atoms with E-state index in [1.165, 1.54) is 33.6 Å². The molecule has 2 aliphatic rings. The Bertz CT molecular complexity index is 1110. The van der Waals surface area contributed by atoms with Gasteiger partial charge in [0.25, 0.3) is 0 Å². The van der Waals surface area contributed by atoms with Crippen LogP contribution in [0.1, 0.15) is 5.56 Å². The number of nitrogens with one attached hydrogen (secondary N) is 1. The minimum absolute atomic E-state index is 0.0263. The van der Waals surface area contributed by atoms with E-state index in [1.54, 1.807) is 0 Å². The molecular formula is C21H17N3O3S2. The molecular weight excluding hydrogens is 406 g/mol. The predicted octanol–water partition coefficient (Wildman–Crippen LogP) is 3.82. The molecule has 3 aromatic rings. The lowest BCUT2D eigenvalue weighted by atomic mass is 10.1. The van der Waals surface area contributed by atoms with Gasteiger partial charge in [-0.2, -0.15) is 0 Å². The van der Waals surface area contributed by atoms with Crippen LogP contribution in [-0.4, -0.2) is 35.7 Å². The molecule has 5 rings (SSSR count). The lowest BCUT2D eigenvalue weighted by Gasteiger charge is -2.28. The van der Waals surface area contributed by atoms with Crippen LogP contribution in [0.25, 0.3) is 11.3 Å². The number of hydrogen-bond acceptors (Lipinski definition) is 6. The van der Waals surface area contributed by atoms with Crippen LogP contribution < -0.4 is 15.0 Å². The smallest absolute Gasteiger partial charge is 0.246 e. The first-order chi connectivity index (χ1) is 14.2. The van der Waals surface area contributed by atoms with Crippen LogP contribution in [0.3, 0.4) is 0 Å². The molecule has 0 radical (unpaired) electrons. The zero-order chi connectivity index (χ0) is 19.8. The molecule has 1 aromatic heterocycles. The number of carbonyl (C=O) groups excluding carboxylic acids is 2. The first-order valence-electron chi connectivity index (χ1n) is 9.21. The number of para-hydroxylation sites is 1. The van der Waals surface area contributed by atoms with E-state index < -0.39 is 0 Å².